The SMILES string of the molecule is CC1(C)OCC[C@]12CC[C@@H]1C[C@H]1CO2. The minimum Gasteiger partial charge on any atom is -0.372 e. The molecule has 0 aromatic rings. The van der Waals surface area contributed by atoms with Crippen LogP contribution in [-0.4, -0.2) is 24.4 Å². The van der Waals surface area contributed by atoms with Gasteiger partial charge in [0, 0.05) is 6.42 Å². The van der Waals surface area contributed by atoms with E-state index >= 15 is 0 Å². The Hall–Kier alpha value is -0.0800. The van der Waals surface area contributed by atoms with E-state index in [2.05, 4.69) is 13.8 Å². The van der Waals surface area contributed by atoms with Crippen molar-refractivity contribution in [3.8, 4) is 0 Å². The Labute approximate surface area is 86.0 Å². The summed E-state index contributed by atoms with van der Waals surface area (Å²) in [5, 5.41) is 0. The first-order valence-electron chi connectivity index (χ1n) is 5.91. The minimum atomic E-state index is -0.0657. The lowest BCUT2D eigenvalue weighted by Gasteiger charge is -2.39. The van der Waals surface area contributed by atoms with Crippen molar-refractivity contribution in [3.63, 3.8) is 0 Å². The smallest absolute Gasteiger partial charge is 0.0987 e. The molecule has 0 aromatic carbocycles. The molecule has 0 bridgehead atoms. The van der Waals surface area contributed by atoms with Crippen LogP contribution in [0, 0.1) is 11.8 Å². The third-order valence-corrected chi connectivity index (χ3v) is 4.63. The van der Waals surface area contributed by atoms with Crippen LogP contribution >= 0.6 is 0 Å². The van der Waals surface area contributed by atoms with E-state index in [-0.39, 0.29) is 11.2 Å². The fourth-order valence-electron chi connectivity index (χ4n) is 3.20. The van der Waals surface area contributed by atoms with Gasteiger partial charge < -0.3 is 9.47 Å². The summed E-state index contributed by atoms with van der Waals surface area (Å²) in [6, 6.07) is 0. The lowest BCUT2D eigenvalue weighted by Crippen LogP contribution is -2.48. The maximum Gasteiger partial charge on any atom is 0.0987 e. The Balaban J connectivity index is 1.81. The molecule has 3 rings (SSSR count). The zero-order valence-corrected chi connectivity index (χ0v) is 9.21. The average Bonchev–Trinajstić information content (AvgIpc) is 2.80. The van der Waals surface area contributed by atoms with Crippen LogP contribution in [0.2, 0.25) is 0 Å². The maximum absolute atomic E-state index is 6.20. The van der Waals surface area contributed by atoms with Crippen LogP contribution in [0.1, 0.15) is 39.5 Å². The zero-order valence-electron chi connectivity index (χ0n) is 9.21. The fraction of sp³-hybridized carbons (Fsp3) is 1.00. The van der Waals surface area contributed by atoms with E-state index in [0.29, 0.717) is 0 Å². The van der Waals surface area contributed by atoms with Gasteiger partial charge in [0.25, 0.3) is 0 Å². The summed E-state index contributed by atoms with van der Waals surface area (Å²) < 4.78 is 12.0. The number of hydrogen-bond donors (Lipinski definition) is 0. The van der Waals surface area contributed by atoms with Gasteiger partial charge >= 0.3 is 0 Å². The highest BCUT2D eigenvalue weighted by atomic mass is 16.6. The first-order chi connectivity index (χ1) is 6.63. The van der Waals surface area contributed by atoms with E-state index in [1.54, 1.807) is 0 Å². The molecule has 1 aliphatic carbocycles. The van der Waals surface area contributed by atoms with E-state index in [1.807, 2.05) is 0 Å². The molecular weight excluding hydrogens is 176 g/mol. The summed E-state index contributed by atoms with van der Waals surface area (Å²) in [6.45, 7) is 6.24. The lowest BCUT2D eigenvalue weighted by atomic mass is 9.81. The molecule has 3 fully saturated rings. The van der Waals surface area contributed by atoms with Crippen molar-refractivity contribution in [2.45, 2.75) is 50.7 Å². The third kappa shape index (κ3) is 1.17. The summed E-state index contributed by atoms with van der Waals surface area (Å²) in [7, 11) is 0. The van der Waals surface area contributed by atoms with Crippen molar-refractivity contribution >= 4 is 0 Å². The van der Waals surface area contributed by atoms with E-state index in [0.717, 1.165) is 31.5 Å². The molecule has 3 aliphatic rings. The van der Waals surface area contributed by atoms with Crippen LogP contribution in [-0.2, 0) is 9.47 Å². The highest BCUT2D eigenvalue weighted by Crippen LogP contribution is 2.52. The van der Waals surface area contributed by atoms with E-state index in [4.69, 9.17) is 9.47 Å². The van der Waals surface area contributed by atoms with Gasteiger partial charge in [0.2, 0.25) is 0 Å². The molecule has 2 aliphatic heterocycles. The first-order valence-corrected chi connectivity index (χ1v) is 5.91. The Kier molecular flexibility index (Phi) is 1.79. The largest absolute Gasteiger partial charge is 0.372 e. The minimum absolute atomic E-state index is 0.0421. The summed E-state index contributed by atoms with van der Waals surface area (Å²) in [5.41, 5.74) is -0.0236. The van der Waals surface area contributed by atoms with Crippen molar-refractivity contribution in [2.24, 2.45) is 11.8 Å². The normalized spacial score (nSPS) is 50.1. The number of hydrogen-bond acceptors (Lipinski definition) is 2. The molecule has 1 saturated carbocycles. The molecule has 1 spiro atoms. The van der Waals surface area contributed by atoms with Crippen LogP contribution in [0.15, 0.2) is 0 Å². The zero-order chi connectivity index (χ0) is 9.81. The van der Waals surface area contributed by atoms with Gasteiger partial charge in [-0.15, -0.1) is 0 Å². The van der Waals surface area contributed by atoms with Gasteiger partial charge in [0.15, 0.2) is 0 Å². The van der Waals surface area contributed by atoms with E-state index in [9.17, 15) is 0 Å². The number of rotatable bonds is 0. The first kappa shape index (κ1) is 9.17. The molecule has 0 N–H and O–H groups in total. The Morgan fingerprint density at radius 3 is 2.64 bits per heavy atom. The van der Waals surface area contributed by atoms with Crippen molar-refractivity contribution in [2.75, 3.05) is 13.2 Å². The molecule has 2 heteroatoms. The van der Waals surface area contributed by atoms with Crippen LogP contribution < -0.4 is 0 Å². The van der Waals surface area contributed by atoms with Crippen LogP contribution in [0.25, 0.3) is 0 Å². The highest BCUT2D eigenvalue weighted by Gasteiger charge is 2.55. The van der Waals surface area contributed by atoms with Gasteiger partial charge in [-0.1, -0.05) is 0 Å². The van der Waals surface area contributed by atoms with Crippen molar-refractivity contribution in [1.29, 1.82) is 0 Å². The topological polar surface area (TPSA) is 18.5 Å². The number of fused-ring (bicyclic) bond motifs is 1. The Morgan fingerprint density at radius 1 is 1.07 bits per heavy atom. The summed E-state index contributed by atoms with van der Waals surface area (Å²) in [4.78, 5) is 0. The highest BCUT2D eigenvalue weighted by molar-refractivity contribution is 5.04. The van der Waals surface area contributed by atoms with Crippen LogP contribution in [0.4, 0.5) is 0 Å². The molecule has 0 radical (unpaired) electrons. The Morgan fingerprint density at radius 2 is 1.93 bits per heavy atom. The summed E-state index contributed by atoms with van der Waals surface area (Å²) in [5.74, 6) is 1.86. The third-order valence-electron chi connectivity index (χ3n) is 4.63. The molecule has 14 heavy (non-hydrogen) atoms. The van der Waals surface area contributed by atoms with Gasteiger partial charge in [0.1, 0.15) is 0 Å². The van der Waals surface area contributed by atoms with Gasteiger partial charge in [-0.25, -0.2) is 0 Å². The van der Waals surface area contributed by atoms with Crippen molar-refractivity contribution in [3.05, 3.63) is 0 Å². The maximum atomic E-state index is 6.20. The molecule has 2 heterocycles. The van der Waals surface area contributed by atoms with Crippen LogP contribution in [0.3, 0.4) is 0 Å². The van der Waals surface area contributed by atoms with Crippen LogP contribution in [0.5, 0.6) is 0 Å². The second-order valence-electron chi connectivity index (χ2n) is 5.71. The second-order valence-corrected chi connectivity index (χ2v) is 5.71. The van der Waals surface area contributed by atoms with Gasteiger partial charge in [-0.3, -0.25) is 0 Å². The van der Waals surface area contributed by atoms with Gasteiger partial charge in [-0.2, -0.15) is 0 Å². The Bertz CT molecular complexity index is 235. The lowest BCUT2D eigenvalue weighted by molar-refractivity contribution is -0.139. The molecule has 0 aromatic heterocycles. The second kappa shape index (κ2) is 2.73. The van der Waals surface area contributed by atoms with E-state index < -0.39 is 0 Å². The van der Waals surface area contributed by atoms with Gasteiger partial charge in [-0.05, 0) is 44.9 Å². The molecule has 80 valence electrons. The predicted molar refractivity (Wildman–Crippen MR) is 54.2 cm³/mol. The monoisotopic (exact) mass is 196 g/mol. The van der Waals surface area contributed by atoms with Gasteiger partial charge in [0.05, 0.1) is 24.4 Å². The summed E-state index contributed by atoms with van der Waals surface area (Å²) >= 11 is 0. The number of ether oxygens (including phenoxy) is 2. The molecular formula is C12H20O2. The van der Waals surface area contributed by atoms with Crippen molar-refractivity contribution < 1.29 is 9.47 Å². The standard InChI is InChI=1S/C12H20O2/c1-11(2)12(5-6-13-11)4-3-9-7-10(9)8-14-12/h9-10H,3-8H2,1-2H3/t9-,10+,12-/m1/s1. The summed E-state index contributed by atoms with van der Waals surface area (Å²) in [6.07, 6.45) is 5.08. The molecule has 0 unspecified atom stereocenters. The molecule has 2 saturated heterocycles. The van der Waals surface area contributed by atoms with E-state index in [1.165, 1.54) is 19.3 Å². The average molecular weight is 196 g/mol. The van der Waals surface area contributed by atoms with Crippen molar-refractivity contribution in [1.82, 2.24) is 0 Å². The molecule has 2 nitrogen and oxygen atoms in total. The molecule has 0 amide bonds. The fourth-order valence-corrected chi connectivity index (χ4v) is 3.20. The molecule has 3 atom stereocenters. The predicted octanol–water partition coefficient (Wildman–Crippen LogP) is 2.37. The quantitative estimate of drug-likeness (QED) is 0.592.